The van der Waals surface area contributed by atoms with Gasteiger partial charge in [0.15, 0.2) is 0 Å². The van der Waals surface area contributed by atoms with Crippen molar-refractivity contribution < 1.29 is 4.39 Å². The highest BCUT2D eigenvalue weighted by Crippen LogP contribution is 2.37. The molecule has 0 fully saturated rings. The number of anilines is 1. The Hall–Kier alpha value is -0.740. The number of thioether (sulfide) groups is 1. The molecule has 1 aliphatic heterocycles. The maximum Gasteiger partial charge on any atom is 0.125 e. The number of fused-ring (bicyclic) bond motifs is 1. The number of rotatable bonds is 4. The van der Waals surface area contributed by atoms with Gasteiger partial charge >= 0.3 is 0 Å². The fourth-order valence-electron chi connectivity index (χ4n) is 2.17. The van der Waals surface area contributed by atoms with Gasteiger partial charge in [0.25, 0.3) is 0 Å². The van der Waals surface area contributed by atoms with Crippen LogP contribution in [0.5, 0.6) is 0 Å². The molecular weight excluding hydrogens is 235 g/mol. The summed E-state index contributed by atoms with van der Waals surface area (Å²) in [5.74, 6) is 0.950. The van der Waals surface area contributed by atoms with E-state index in [9.17, 15) is 4.39 Å². The molecule has 0 spiro atoms. The highest BCUT2D eigenvalue weighted by atomic mass is 32.2. The molecule has 0 bridgehead atoms. The second-order valence-corrected chi connectivity index (χ2v) is 5.50. The van der Waals surface area contributed by atoms with Crippen LogP contribution in [0.1, 0.15) is 12.8 Å². The molecular formula is C13H19FN2S. The van der Waals surface area contributed by atoms with E-state index in [4.69, 9.17) is 0 Å². The number of benzene rings is 1. The Kier molecular flexibility index (Phi) is 4.29. The number of nitrogens with zero attached hydrogens (tertiary/aromatic N) is 1. The first-order valence-electron chi connectivity index (χ1n) is 6.02. The fourth-order valence-corrected chi connectivity index (χ4v) is 3.45. The van der Waals surface area contributed by atoms with Crippen LogP contribution in [-0.2, 0) is 0 Å². The molecule has 1 N–H and O–H groups in total. The second-order valence-electron chi connectivity index (χ2n) is 4.43. The monoisotopic (exact) mass is 254 g/mol. The van der Waals surface area contributed by atoms with E-state index in [1.54, 1.807) is 12.1 Å². The smallest absolute Gasteiger partial charge is 0.125 e. The largest absolute Gasteiger partial charge is 0.370 e. The predicted molar refractivity (Wildman–Crippen MR) is 72.5 cm³/mol. The van der Waals surface area contributed by atoms with Crippen LogP contribution in [0.25, 0.3) is 0 Å². The van der Waals surface area contributed by atoms with Crippen molar-refractivity contribution in [3.63, 3.8) is 0 Å². The zero-order chi connectivity index (χ0) is 12.3. The minimum absolute atomic E-state index is 0.146. The molecule has 94 valence electrons. The minimum atomic E-state index is -0.146. The average molecular weight is 254 g/mol. The highest BCUT2D eigenvalue weighted by Gasteiger charge is 2.23. The standard InChI is InChI=1S/C13H19FN2S/c1-15-7-3-4-11-9-17-13-6-5-10(14)8-12(13)16(11)2/h5-6,8,11,15H,3-4,7,9H2,1-2H3. The van der Waals surface area contributed by atoms with Crippen LogP contribution >= 0.6 is 11.8 Å². The molecule has 0 radical (unpaired) electrons. The van der Waals surface area contributed by atoms with Crippen molar-refractivity contribution in [2.75, 3.05) is 31.3 Å². The maximum absolute atomic E-state index is 13.3. The van der Waals surface area contributed by atoms with Crippen molar-refractivity contribution in [1.29, 1.82) is 0 Å². The number of hydrogen-bond acceptors (Lipinski definition) is 3. The summed E-state index contributed by atoms with van der Waals surface area (Å²) in [5.41, 5.74) is 1.04. The molecule has 0 aromatic heterocycles. The molecule has 1 unspecified atom stereocenters. The van der Waals surface area contributed by atoms with Gasteiger partial charge in [-0.1, -0.05) is 0 Å². The van der Waals surface area contributed by atoms with E-state index in [-0.39, 0.29) is 5.82 Å². The summed E-state index contributed by atoms with van der Waals surface area (Å²) in [5, 5.41) is 3.17. The Morgan fingerprint density at radius 2 is 2.35 bits per heavy atom. The summed E-state index contributed by atoms with van der Waals surface area (Å²) in [6.45, 7) is 1.05. The number of nitrogens with one attached hydrogen (secondary N) is 1. The Morgan fingerprint density at radius 1 is 1.53 bits per heavy atom. The van der Waals surface area contributed by atoms with Gasteiger partial charge in [-0.25, -0.2) is 4.39 Å². The van der Waals surface area contributed by atoms with Crippen LogP contribution in [0.15, 0.2) is 23.1 Å². The topological polar surface area (TPSA) is 15.3 Å². The molecule has 1 aliphatic rings. The van der Waals surface area contributed by atoms with Crippen LogP contribution in [-0.4, -0.2) is 32.4 Å². The van der Waals surface area contributed by atoms with Gasteiger partial charge < -0.3 is 10.2 Å². The molecule has 2 nitrogen and oxygen atoms in total. The van der Waals surface area contributed by atoms with Crippen molar-refractivity contribution in [2.24, 2.45) is 0 Å². The van der Waals surface area contributed by atoms with Crippen LogP contribution in [0.4, 0.5) is 10.1 Å². The van der Waals surface area contributed by atoms with E-state index >= 15 is 0 Å². The molecule has 1 atom stereocenters. The van der Waals surface area contributed by atoms with E-state index < -0.39 is 0 Å². The number of halogens is 1. The first-order chi connectivity index (χ1) is 8.22. The first kappa shape index (κ1) is 12.7. The summed E-state index contributed by atoms with van der Waals surface area (Å²) >= 11 is 1.84. The van der Waals surface area contributed by atoms with Crippen molar-refractivity contribution in [1.82, 2.24) is 5.32 Å². The fraction of sp³-hybridized carbons (Fsp3) is 0.538. The normalized spacial score (nSPS) is 19.2. The third-order valence-corrected chi connectivity index (χ3v) is 4.45. The lowest BCUT2D eigenvalue weighted by atomic mass is 10.1. The van der Waals surface area contributed by atoms with E-state index in [0.29, 0.717) is 6.04 Å². The summed E-state index contributed by atoms with van der Waals surface area (Å²) in [6.07, 6.45) is 2.32. The molecule has 0 saturated carbocycles. The summed E-state index contributed by atoms with van der Waals surface area (Å²) in [4.78, 5) is 3.42. The van der Waals surface area contributed by atoms with Crippen LogP contribution in [0.2, 0.25) is 0 Å². The second kappa shape index (κ2) is 5.74. The quantitative estimate of drug-likeness (QED) is 0.832. The summed E-state index contributed by atoms with van der Waals surface area (Å²) in [6, 6.07) is 5.59. The third kappa shape index (κ3) is 2.93. The molecule has 1 aromatic rings. The van der Waals surface area contributed by atoms with Gasteiger partial charge in [-0.05, 0) is 44.6 Å². The van der Waals surface area contributed by atoms with Gasteiger partial charge in [0.1, 0.15) is 5.82 Å². The molecule has 0 saturated heterocycles. The molecule has 17 heavy (non-hydrogen) atoms. The molecule has 4 heteroatoms. The average Bonchev–Trinajstić information content (AvgIpc) is 2.33. The van der Waals surface area contributed by atoms with E-state index in [1.165, 1.54) is 4.90 Å². The highest BCUT2D eigenvalue weighted by molar-refractivity contribution is 7.99. The van der Waals surface area contributed by atoms with Crippen LogP contribution in [0, 0.1) is 5.82 Å². The Balaban J connectivity index is 2.06. The third-order valence-electron chi connectivity index (χ3n) is 3.24. The molecule has 0 amide bonds. The lowest BCUT2D eigenvalue weighted by Gasteiger charge is -2.35. The van der Waals surface area contributed by atoms with E-state index in [1.807, 2.05) is 24.9 Å². The van der Waals surface area contributed by atoms with Gasteiger partial charge in [-0.3, -0.25) is 0 Å². The maximum atomic E-state index is 13.3. The van der Waals surface area contributed by atoms with Gasteiger partial charge in [0, 0.05) is 23.7 Å². The number of hydrogen-bond donors (Lipinski definition) is 1. The van der Waals surface area contributed by atoms with Crippen molar-refractivity contribution in [3.05, 3.63) is 24.0 Å². The molecule has 1 aromatic carbocycles. The Labute approximate surface area is 107 Å². The van der Waals surface area contributed by atoms with Gasteiger partial charge in [-0.15, -0.1) is 11.8 Å². The Morgan fingerprint density at radius 3 is 3.12 bits per heavy atom. The first-order valence-corrected chi connectivity index (χ1v) is 7.00. The molecule has 0 aliphatic carbocycles. The van der Waals surface area contributed by atoms with Gasteiger partial charge in [0.05, 0.1) is 5.69 Å². The SMILES string of the molecule is CNCCCC1CSc2ccc(F)cc2N1C. The van der Waals surface area contributed by atoms with Crippen molar-refractivity contribution in [3.8, 4) is 0 Å². The van der Waals surface area contributed by atoms with Crippen molar-refractivity contribution >= 4 is 17.4 Å². The lowest BCUT2D eigenvalue weighted by molar-refractivity contribution is 0.573. The van der Waals surface area contributed by atoms with E-state index in [0.717, 1.165) is 30.8 Å². The van der Waals surface area contributed by atoms with Gasteiger partial charge in [0.2, 0.25) is 0 Å². The van der Waals surface area contributed by atoms with Crippen LogP contribution < -0.4 is 10.2 Å². The molecule has 1 heterocycles. The predicted octanol–water partition coefficient (Wildman–Crippen LogP) is 2.74. The zero-order valence-corrected chi connectivity index (χ0v) is 11.2. The zero-order valence-electron chi connectivity index (χ0n) is 10.4. The minimum Gasteiger partial charge on any atom is -0.370 e. The summed E-state index contributed by atoms with van der Waals surface area (Å²) < 4.78 is 13.3. The Bertz CT molecular complexity index is 384. The summed E-state index contributed by atoms with van der Waals surface area (Å²) in [7, 11) is 4.05. The molecule has 2 rings (SSSR count). The van der Waals surface area contributed by atoms with Crippen LogP contribution in [0.3, 0.4) is 0 Å². The lowest BCUT2D eigenvalue weighted by Crippen LogP contribution is -2.37. The van der Waals surface area contributed by atoms with Crippen molar-refractivity contribution in [2.45, 2.75) is 23.8 Å². The van der Waals surface area contributed by atoms with E-state index in [2.05, 4.69) is 17.3 Å². The van der Waals surface area contributed by atoms with Gasteiger partial charge in [-0.2, -0.15) is 0 Å².